The lowest BCUT2D eigenvalue weighted by molar-refractivity contribution is -0.117. The van der Waals surface area contributed by atoms with Gasteiger partial charge in [-0.3, -0.25) is 10.2 Å². The second-order valence-electron chi connectivity index (χ2n) is 4.73. The molecule has 2 heterocycles. The van der Waals surface area contributed by atoms with Crippen LogP contribution in [0.5, 0.6) is 0 Å². The zero-order valence-electron chi connectivity index (χ0n) is 9.52. The lowest BCUT2D eigenvalue weighted by Gasteiger charge is -2.09. The molecule has 0 radical (unpaired) electrons. The first-order valence-corrected chi connectivity index (χ1v) is 6.06. The van der Waals surface area contributed by atoms with Gasteiger partial charge in [0.1, 0.15) is 11.9 Å². The van der Waals surface area contributed by atoms with Crippen molar-refractivity contribution < 1.29 is 4.79 Å². The van der Waals surface area contributed by atoms with Crippen LogP contribution in [0.4, 0.5) is 5.82 Å². The summed E-state index contributed by atoms with van der Waals surface area (Å²) in [5, 5.41) is 2.81. The van der Waals surface area contributed by atoms with Gasteiger partial charge in [0.25, 0.3) is 0 Å². The molecule has 3 rings (SSSR count). The fourth-order valence-corrected chi connectivity index (χ4v) is 2.21. The quantitative estimate of drug-likeness (QED) is 0.716. The van der Waals surface area contributed by atoms with E-state index in [1.165, 1.54) is 12.8 Å². The third-order valence-corrected chi connectivity index (χ3v) is 3.36. The molecule has 1 aliphatic carbocycles. The Morgan fingerprint density at radius 3 is 2.94 bits per heavy atom. The fourth-order valence-electron chi connectivity index (χ4n) is 2.21. The maximum Gasteiger partial charge on any atom is 0.244 e. The van der Waals surface area contributed by atoms with E-state index in [2.05, 4.69) is 21.2 Å². The van der Waals surface area contributed by atoms with Crippen LogP contribution in [-0.4, -0.2) is 23.0 Å². The Kier molecular flexibility index (Phi) is 2.78. The van der Waals surface area contributed by atoms with Crippen LogP contribution in [0.1, 0.15) is 19.3 Å². The van der Waals surface area contributed by atoms with Crippen LogP contribution in [0.15, 0.2) is 24.4 Å². The molecule has 5 nitrogen and oxygen atoms in total. The number of anilines is 1. The Bertz CT molecular complexity index is 404. The molecule has 3 N–H and O–H groups in total. The van der Waals surface area contributed by atoms with E-state index >= 15 is 0 Å². The molecule has 17 heavy (non-hydrogen) atoms. The number of carbonyl (C=O) groups excluding carboxylic acids is 1. The number of pyridine rings is 1. The number of nitrogens with one attached hydrogen (secondary N) is 3. The molecule has 1 amide bonds. The molecule has 1 aliphatic heterocycles. The SMILES string of the molecule is O=C(Nc1ccccn1)C1CC(C2CC2)NN1. The predicted molar refractivity (Wildman–Crippen MR) is 64.1 cm³/mol. The van der Waals surface area contributed by atoms with Crippen molar-refractivity contribution in [1.82, 2.24) is 15.8 Å². The van der Waals surface area contributed by atoms with Gasteiger partial charge < -0.3 is 5.32 Å². The Labute approximate surface area is 100.0 Å². The Morgan fingerprint density at radius 1 is 1.35 bits per heavy atom. The molecule has 2 unspecified atom stereocenters. The van der Waals surface area contributed by atoms with Crippen LogP contribution in [0.3, 0.4) is 0 Å². The minimum Gasteiger partial charge on any atom is -0.309 e. The number of aromatic nitrogens is 1. The fraction of sp³-hybridized carbons (Fsp3) is 0.500. The van der Waals surface area contributed by atoms with Crippen LogP contribution in [0.25, 0.3) is 0 Å². The summed E-state index contributed by atoms with van der Waals surface area (Å²) in [4.78, 5) is 16.0. The summed E-state index contributed by atoms with van der Waals surface area (Å²) in [7, 11) is 0. The Hall–Kier alpha value is -1.46. The van der Waals surface area contributed by atoms with Gasteiger partial charge in [-0.15, -0.1) is 0 Å². The molecule has 5 heteroatoms. The number of carbonyl (C=O) groups is 1. The van der Waals surface area contributed by atoms with Crippen LogP contribution < -0.4 is 16.2 Å². The first-order valence-electron chi connectivity index (χ1n) is 6.06. The van der Waals surface area contributed by atoms with Crippen molar-refractivity contribution in [3.63, 3.8) is 0 Å². The van der Waals surface area contributed by atoms with Gasteiger partial charge in [0.05, 0.1) is 0 Å². The molecule has 1 aromatic rings. The second kappa shape index (κ2) is 4.43. The van der Waals surface area contributed by atoms with E-state index in [0.717, 1.165) is 12.3 Å². The highest BCUT2D eigenvalue weighted by Gasteiger charge is 2.38. The van der Waals surface area contributed by atoms with Crippen LogP contribution in [0.2, 0.25) is 0 Å². The number of hydrazine groups is 1. The van der Waals surface area contributed by atoms with Crippen molar-refractivity contribution in [3.8, 4) is 0 Å². The van der Waals surface area contributed by atoms with Crippen molar-refractivity contribution in [2.75, 3.05) is 5.32 Å². The summed E-state index contributed by atoms with van der Waals surface area (Å²) in [6.45, 7) is 0. The maximum absolute atomic E-state index is 11.9. The van der Waals surface area contributed by atoms with Gasteiger partial charge in [-0.2, -0.15) is 0 Å². The Morgan fingerprint density at radius 2 is 2.24 bits per heavy atom. The zero-order valence-corrected chi connectivity index (χ0v) is 9.52. The number of rotatable bonds is 3. The zero-order chi connectivity index (χ0) is 11.7. The molecular formula is C12H16N4O. The summed E-state index contributed by atoms with van der Waals surface area (Å²) in [6, 6.07) is 5.78. The van der Waals surface area contributed by atoms with Gasteiger partial charge in [-0.1, -0.05) is 6.07 Å². The monoisotopic (exact) mass is 232 g/mol. The van der Waals surface area contributed by atoms with E-state index in [4.69, 9.17) is 0 Å². The minimum absolute atomic E-state index is 0.0145. The molecule has 1 saturated carbocycles. The molecular weight excluding hydrogens is 216 g/mol. The molecule has 90 valence electrons. The van der Waals surface area contributed by atoms with Crippen LogP contribution in [-0.2, 0) is 4.79 Å². The molecule has 1 aromatic heterocycles. The number of amides is 1. The van der Waals surface area contributed by atoms with Gasteiger partial charge in [-0.25, -0.2) is 10.4 Å². The summed E-state index contributed by atoms with van der Waals surface area (Å²) in [5.74, 6) is 1.35. The Balaban J connectivity index is 1.56. The van der Waals surface area contributed by atoms with Crippen molar-refractivity contribution in [1.29, 1.82) is 0 Å². The van der Waals surface area contributed by atoms with E-state index in [0.29, 0.717) is 11.9 Å². The van der Waals surface area contributed by atoms with Gasteiger partial charge in [0, 0.05) is 12.2 Å². The normalized spacial score (nSPS) is 28.0. The molecule has 2 atom stereocenters. The second-order valence-corrected chi connectivity index (χ2v) is 4.73. The summed E-state index contributed by atoms with van der Waals surface area (Å²) in [6.07, 6.45) is 5.11. The number of hydrogen-bond donors (Lipinski definition) is 3. The minimum atomic E-state index is -0.150. The highest BCUT2D eigenvalue weighted by molar-refractivity contribution is 5.94. The lowest BCUT2D eigenvalue weighted by atomic mass is 10.1. The molecule has 0 spiro atoms. The van der Waals surface area contributed by atoms with E-state index in [1.807, 2.05) is 12.1 Å². The average molecular weight is 232 g/mol. The first kappa shape index (κ1) is 10.7. The number of nitrogens with zero attached hydrogens (tertiary/aromatic N) is 1. The molecule has 2 aliphatic rings. The van der Waals surface area contributed by atoms with Crippen LogP contribution >= 0.6 is 0 Å². The highest BCUT2D eigenvalue weighted by atomic mass is 16.2. The van der Waals surface area contributed by atoms with Crippen molar-refractivity contribution >= 4 is 11.7 Å². The third-order valence-electron chi connectivity index (χ3n) is 3.36. The van der Waals surface area contributed by atoms with Crippen molar-refractivity contribution in [2.24, 2.45) is 5.92 Å². The van der Waals surface area contributed by atoms with E-state index < -0.39 is 0 Å². The van der Waals surface area contributed by atoms with E-state index in [1.54, 1.807) is 12.3 Å². The largest absolute Gasteiger partial charge is 0.309 e. The van der Waals surface area contributed by atoms with Gasteiger partial charge >= 0.3 is 0 Å². The maximum atomic E-state index is 11.9. The van der Waals surface area contributed by atoms with Crippen LogP contribution in [0, 0.1) is 5.92 Å². The molecule has 1 saturated heterocycles. The standard InChI is InChI=1S/C12H16N4O/c17-12(14-11-3-1-2-6-13-11)10-7-9(15-16-10)8-4-5-8/h1-3,6,8-10,15-16H,4-5,7H2,(H,13,14,17). The van der Waals surface area contributed by atoms with E-state index in [-0.39, 0.29) is 11.9 Å². The van der Waals surface area contributed by atoms with Crippen molar-refractivity contribution in [2.45, 2.75) is 31.3 Å². The smallest absolute Gasteiger partial charge is 0.244 e. The molecule has 0 aromatic carbocycles. The predicted octanol–water partition coefficient (Wildman–Crippen LogP) is 0.665. The van der Waals surface area contributed by atoms with Crippen molar-refractivity contribution in [3.05, 3.63) is 24.4 Å². The van der Waals surface area contributed by atoms with E-state index in [9.17, 15) is 4.79 Å². The van der Waals surface area contributed by atoms with Gasteiger partial charge in [0.2, 0.25) is 5.91 Å². The summed E-state index contributed by atoms with van der Waals surface area (Å²) < 4.78 is 0. The van der Waals surface area contributed by atoms with Gasteiger partial charge in [-0.05, 0) is 37.3 Å². The first-order chi connectivity index (χ1) is 8.33. The average Bonchev–Trinajstić information content (AvgIpc) is 3.08. The number of hydrogen-bond acceptors (Lipinski definition) is 4. The lowest BCUT2D eigenvalue weighted by Crippen LogP contribution is -2.40. The third kappa shape index (κ3) is 2.45. The molecule has 0 bridgehead atoms. The molecule has 2 fully saturated rings. The summed E-state index contributed by atoms with van der Waals surface area (Å²) >= 11 is 0. The topological polar surface area (TPSA) is 66.0 Å². The summed E-state index contributed by atoms with van der Waals surface area (Å²) in [5.41, 5.74) is 6.26. The van der Waals surface area contributed by atoms with Gasteiger partial charge in [0.15, 0.2) is 0 Å². The highest BCUT2D eigenvalue weighted by Crippen LogP contribution is 2.35.